The summed E-state index contributed by atoms with van der Waals surface area (Å²) >= 11 is 1.84. The van der Waals surface area contributed by atoms with Crippen LogP contribution >= 0.6 is 35.3 Å². The summed E-state index contributed by atoms with van der Waals surface area (Å²) < 4.78 is 5.72. The average Bonchev–Trinajstić information content (AvgIpc) is 3.10. The van der Waals surface area contributed by atoms with E-state index < -0.39 is 0 Å². The molecule has 3 rings (SSSR count). The first kappa shape index (κ1) is 21.9. The molecule has 1 saturated heterocycles. The summed E-state index contributed by atoms with van der Waals surface area (Å²) in [5, 5.41) is 9.32. The Balaban J connectivity index is 0.00000243. The predicted molar refractivity (Wildman–Crippen MR) is 121 cm³/mol. The number of nitrogens with one attached hydrogen (secondary N) is 2. The molecule has 2 N–H and O–H groups in total. The monoisotopic (exact) mass is 492 g/mol. The number of ether oxygens (including phenoxy) is 1. The second kappa shape index (κ2) is 10.8. The molecule has 0 spiro atoms. The fraction of sp³-hybridized carbons (Fsp3) is 0.737. The van der Waals surface area contributed by atoms with E-state index >= 15 is 0 Å². The van der Waals surface area contributed by atoms with E-state index in [1.54, 1.807) is 0 Å². The predicted octanol–water partition coefficient (Wildman–Crippen LogP) is 3.48. The molecule has 0 aromatic carbocycles. The van der Waals surface area contributed by atoms with Crippen molar-refractivity contribution in [1.82, 2.24) is 15.5 Å². The zero-order valence-electron chi connectivity index (χ0n) is 16.1. The number of nitrogens with zero attached hydrogens (tertiary/aromatic N) is 2. The van der Waals surface area contributed by atoms with E-state index in [-0.39, 0.29) is 24.0 Å². The number of thiophene rings is 1. The molecule has 0 radical (unpaired) electrons. The van der Waals surface area contributed by atoms with E-state index in [1.807, 2.05) is 18.4 Å². The highest BCUT2D eigenvalue weighted by Gasteiger charge is 2.36. The molecule has 2 heterocycles. The van der Waals surface area contributed by atoms with Crippen LogP contribution in [0.5, 0.6) is 0 Å². The molecule has 26 heavy (non-hydrogen) atoms. The zero-order valence-corrected chi connectivity index (χ0v) is 19.3. The minimum atomic E-state index is 0. The van der Waals surface area contributed by atoms with Crippen LogP contribution in [-0.4, -0.2) is 56.3 Å². The number of guanidine groups is 1. The molecule has 2 fully saturated rings. The van der Waals surface area contributed by atoms with Crippen LogP contribution in [0.4, 0.5) is 0 Å². The molecule has 1 saturated carbocycles. The maximum Gasteiger partial charge on any atom is 0.191 e. The zero-order chi connectivity index (χ0) is 17.6. The summed E-state index contributed by atoms with van der Waals surface area (Å²) in [7, 11) is 1.86. The maximum absolute atomic E-state index is 5.72. The average molecular weight is 492 g/mol. The molecule has 5 nitrogen and oxygen atoms in total. The third-order valence-electron chi connectivity index (χ3n) is 5.18. The standard InChI is InChI=1S/C19H32N4OS.HI/c1-4-6-15-11-16(15)22-19(20-3)21-12-17(18-7-5-10-25-18)23-8-9-24-14(2)13-23;/h5,7,10,14-17H,4,6,8-9,11-13H2,1-3H3,(H2,20,21,22);1H. The summed E-state index contributed by atoms with van der Waals surface area (Å²) in [6.07, 6.45) is 4.17. The summed E-state index contributed by atoms with van der Waals surface area (Å²) in [5.74, 6) is 1.77. The molecule has 1 aromatic heterocycles. The summed E-state index contributed by atoms with van der Waals surface area (Å²) in [6, 6.07) is 5.36. The van der Waals surface area contributed by atoms with Crippen molar-refractivity contribution < 1.29 is 4.74 Å². The van der Waals surface area contributed by atoms with E-state index in [1.165, 1.54) is 24.1 Å². The molecule has 2 aliphatic rings. The minimum Gasteiger partial charge on any atom is -0.376 e. The summed E-state index contributed by atoms with van der Waals surface area (Å²) in [4.78, 5) is 8.38. The van der Waals surface area contributed by atoms with Crippen molar-refractivity contribution in [1.29, 1.82) is 0 Å². The van der Waals surface area contributed by atoms with Gasteiger partial charge in [-0.05, 0) is 37.1 Å². The van der Waals surface area contributed by atoms with Gasteiger partial charge in [0.1, 0.15) is 0 Å². The number of morpholine rings is 1. The van der Waals surface area contributed by atoms with Crippen LogP contribution in [0.1, 0.15) is 44.0 Å². The number of hydrogen-bond donors (Lipinski definition) is 2. The van der Waals surface area contributed by atoms with Gasteiger partial charge in [0, 0.05) is 37.6 Å². The lowest BCUT2D eigenvalue weighted by molar-refractivity contribution is -0.0334. The van der Waals surface area contributed by atoms with E-state index in [4.69, 9.17) is 4.74 Å². The summed E-state index contributed by atoms with van der Waals surface area (Å²) in [5.41, 5.74) is 0. The Morgan fingerprint density at radius 2 is 2.35 bits per heavy atom. The van der Waals surface area contributed by atoms with Gasteiger partial charge in [-0.1, -0.05) is 19.4 Å². The van der Waals surface area contributed by atoms with Crippen LogP contribution < -0.4 is 10.6 Å². The van der Waals surface area contributed by atoms with Crippen molar-refractivity contribution in [2.24, 2.45) is 10.9 Å². The van der Waals surface area contributed by atoms with Crippen LogP contribution in [-0.2, 0) is 4.74 Å². The highest BCUT2D eigenvalue weighted by molar-refractivity contribution is 14.0. The van der Waals surface area contributed by atoms with Crippen molar-refractivity contribution in [3.8, 4) is 0 Å². The molecule has 148 valence electrons. The third kappa shape index (κ3) is 6.07. The van der Waals surface area contributed by atoms with Gasteiger partial charge < -0.3 is 15.4 Å². The number of rotatable bonds is 7. The minimum absolute atomic E-state index is 0. The van der Waals surface area contributed by atoms with Gasteiger partial charge in [0.05, 0.1) is 18.8 Å². The Bertz CT molecular complexity index is 554. The van der Waals surface area contributed by atoms with Gasteiger partial charge in [0.15, 0.2) is 5.96 Å². The molecular weight excluding hydrogens is 459 g/mol. The Kier molecular flexibility index (Phi) is 9.12. The smallest absolute Gasteiger partial charge is 0.191 e. The molecule has 0 amide bonds. The highest BCUT2D eigenvalue weighted by atomic mass is 127. The lowest BCUT2D eigenvalue weighted by Crippen LogP contribution is -2.48. The highest BCUT2D eigenvalue weighted by Crippen LogP contribution is 2.34. The van der Waals surface area contributed by atoms with E-state index in [0.29, 0.717) is 18.2 Å². The molecule has 0 bridgehead atoms. The van der Waals surface area contributed by atoms with Gasteiger partial charge in [0.2, 0.25) is 0 Å². The van der Waals surface area contributed by atoms with Gasteiger partial charge >= 0.3 is 0 Å². The maximum atomic E-state index is 5.72. The molecule has 1 aromatic rings. The van der Waals surface area contributed by atoms with Gasteiger partial charge in [-0.15, -0.1) is 35.3 Å². The van der Waals surface area contributed by atoms with Gasteiger partial charge in [-0.3, -0.25) is 9.89 Å². The van der Waals surface area contributed by atoms with Crippen LogP contribution in [0.3, 0.4) is 0 Å². The fourth-order valence-electron chi connectivity index (χ4n) is 3.70. The fourth-order valence-corrected chi connectivity index (χ4v) is 4.56. The first-order chi connectivity index (χ1) is 12.2. The van der Waals surface area contributed by atoms with Crippen LogP contribution in [0.25, 0.3) is 0 Å². The van der Waals surface area contributed by atoms with Crippen LogP contribution in [0, 0.1) is 5.92 Å². The van der Waals surface area contributed by atoms with Crippen molar-refractivity contribution in [3.63, 3.8) is 0 Å². The molecular formula is C19H33IN4OS. The van der Waals surface area contributed by atoms with Crippen molar-refractivity contribution in [2.45, 2.75) is 51.3 Å². The Labute approximate surface area is 179 Å². The normalized spacial score (nSPS) is 27.5. The molecule has 7 heteroatoms. The summed E-state index contributed by atoms with van der Waals surface area (Å²) in [6.45, 7) is 8.08. The first-order valence-corrected chi connectivity index (χ1v) is 10.5. The molecule has 4 unspecified atom stereocenters. The molecule has 4 atom stereocenters. The second-order valence-corrected chi connectivity index (χ2v) is 8.18. The lowest BCUT2D eigenvalue weighted by Gasteiger charge is -2.37. The van der Waals surface area contributed by atoms with Crippen LogP contribution in [0.2, 0.25) is 0 Å². The molecule has 1 aliphatic heterocycles. The lowest BCUT2D eigenvalue weighted by atomic mass is 10.1. The largest absolute Gasteiger partial charge is 0.376 e. The number of halogens is 1. The Hall–Kier alpha value is -0.380. The quantitative estimate of drug-likeness (QED) is 0.348. The Morgan fingerprint density at radius 3 is 3.00 bits per heavy atom. The van der Waals surface area contributed by atoms with Gasteiger partial charge in [-0.25, -0.2) is 0 Å². The first-order valence-electron chi connectivity index (χ1n) is 9.57. The Morgan fingerprint density at radius 1 is 1.50 bits per heavy atom. The van der Waals surface area contributed by atoms with E-state index in [0.717, 1.165) is 38.1 Å². The number of aliphatic imine (C=N–C) groups is 1. The van der Waals surface area contributed by atoms with Crippen molar-refractivity contribution >= 4 is 41.3 Å². The van der Waals surface area contributed by atoms with E-state index in [2.05, 4.69) is 51.9 Å². The molecule has 1 aliphatic carbocycles. The van der Waals surface area contributed by atoms with Crippen molar-refractivity contribution in [3.05, 3.63) is 22.4 Å². The second-order valence-electron chi connectivity index (χ2n) is 7.20. The van der Waals surface area contributed by atoms with Crippen LogP contribution in [0.15, 0.2) is 22.5 Å². The van der Waals surface area contributed by atoms with Gasteiger partial charge in [-0.2, -0.15) is 0 Å². The van der Waals surface area contributed by atoms with Crippen molar-refractivity contribution in [2.75, 3.05) is 33.3 Å². The number of hydrogen-bond acceptors (Lipinski definition) is 4. The SMILES string of the molecule is CCCC1CC1NC(=NC)NCC(c1cccs1)N1CCOC(C)C1.I. The topological polar surface area (TPSA) is 48.9 Å². The third-order valence-corrected chi connectivity index (χ3v) is 6.15. The van der Waals surface area contributed by atoms with Gasteiger partial charge in [0.25, 0.3) is 0 Å². The van der Waals surface area contributed by atoms with E-state index in [9.17, 15) is 0 Å².